The Bertz CT molecular complexity index is 606. The lowest BCUT2D eigenvalue weighted by Gasteiger charge is -2.10. The fraction of sp³-hybridized carbons (Fsp3) is 0.235. The second-order valence-electron chi connectivity index (χ2n) is 4.84. The van der Waals surface area contributed by atoms with Gasteiger partial charge in [-0.25, -0.2) is 4.79 Å². The molecule has 0 radical (unpaired) electrons. The van der Waals surface area contributed by atoms with Crippen LogP contribution in [0.15, 0.2) is 48.5 Å². The number of carbonyl (C=O) groups excluding carboxylic acids is 1. The van der Waals surface area contributed by atoms with Crippen LogP contribution in [0, 0.1) is 0 Å². The Morgan fingerprint density at radius 3 is 2.52 bits per heavy atom. The van der Waals surface area contributed by atoms with E-state index in [0.29, 0.717) is 12.2 Å². The normalized spacial score (nSPS) is 11.8. The highest BCUT2D eigenvalue weighted by molar-refractivity contribution is 5.89. The molecule has 0 amide bonds. The van der Waals surface area contributed by atoms with E-state index in [1.807, 2.05) is 43.3 Å². The van der Waals surface area contributed by atoms with E-state index in [0.717, 1.165) is 16.9 Å². The lowest BCUT2D eigenvalue weighted by Crippen LogP contribution is -2.05. The van der Waals surface area contributed by atoms with E-state index in [4.69, 9.17) is 10.5 Å². The molecule has 2 aromatic carbocycles. The fourth-order valence-electron chi connectivity index (χ4n) is 1.91. The number of hydrogen-bond donors (Lipinski definition) is 1. The van der Waals surface area contributed by atoms with E-state index in [-0.39, 0.29) is 12.0 Å². The van der Waals surface area contributed by atoms with Crippen LogP contribution in [-0.2, 0) is 11.3 Å². The molecule has 4 nitrogen and oxygen atoms in total. The van der Waals surface area contributed by atoms with Gasteiger partial charge >= 0.3 is 5.97 Å². The molecule has 4 heteroatoms. The molecule has 0 spiro atoms. The van der Waals surface area contributed by atoms with Crippen LogP contribution in [0.4, 0.5) is 0 Å². The van der Waals surface area contributed by atoms with Gasteiger partial charge < -0.3 is 15.2 Å². The Balaban J connectivity index is 2.00. The van der Waals surface area contributed by atoms with E-state index in [1.54, 1.807) is 12.1 Å². The number of ether oxygens (including phenoxy) is 2. The third kappa shape index (κ3) is 4.07. The first-order chi connectivity index (χ1) is 10.1. The molecule has 21 heavy (non-hydrogen) atoms. The number of methoxy groups -OCH3 is 1. The topological polar surface area (TPSA) is 61.5 Å². The lowest BCUT2D eigenvalue weighted by atomic mass is 10.1. The third-order valence-electron chi connectivity index (χ3n) is 3.16. The zero-order valence-electron chi connectivity index (χ0n) is 12.2. The molecule has 0 aromatic heterocycles. The summed E-state index contributed by atoms with van der Waals surface area (Å²) in [6.07, 6.45) is 0. The zero-order chi connectivity index (χ0) is 15.2. The number of hydrogen-bond acceptors (Lipinski definition) is 4. The first-order valence-corrected chi connectivity index (χ1v) is 6.75. The molecule has 0 unspecified atom stereocenters. The molecule has 0 heterocycles. The van der Waals surface area contributed by atoms with Gasteiger partial charge in [0.05, 0.1) is 12.7 Å². The predicted molar refractivity (Wildman–Crippen MR) is 81.2 cm³/mol. The smallest absolute Gasteiger partial charge is 0.337 e. The van der Waals surface area contributed by atoms with Crippen LogP contribution >= 0.6 is 0 Å². The van der Waals surface area contributed by atoms with Crippen molar-refractivity contribution < 1.29 is 14.3 Å². The molecule has 0 saturated heterocycles. The Labute approximate surface area is 124 Å². The van der Waals surface area contributed by atoms with Crippen LogP contribution in [0.1, 0.15) is 34.5 Å². The van der Waals surface area contributed by atoms with Gasteiger partial charge in [0.15, 0.2) is 0 Å². The van der Waals surface area contributed by atoms with Crippen LogP contribution < -0.4 is 10.5 Å². The molecule has 2 aromatic rings. The van der Waals surface area contributed by atoms with Crippen LogP contribution in [-0.4, -0.2) is 13.1 Å². The minimum absolute atomic E-state index is 0.0205. The number of rotatable bonds is 5. The highest BCUT2D eigenvalue weighted by atomic mass is 16.5. The van der Waals surface area contributed by atoms with Gasteiger partial charge in [-0.05, 0) is 42.3 Å². The van der Waals surface area contributed by atoms with Crippen molar-refractivity contribution in [1.29, 1.82) is 0 Å². The molecular formula is C17H19NO3. The van der Waals surface area contributed by atoms with Crippen molar-refractivity contribution in [2.75, 3.05) is 7.11 Å². The summed E-state index contributed by atoms with van der Waals surface area (Å²) in [6.45, 7) is 2.37. The minimum Gasteiger partial charge on any atom is -0.489 e. The molecule has 0 aliphatic rings. The summed E-state index contributed by atoms with van der Waals surface area (Å²) in [6, 6.07) is 14.9. The molecule has 0 aliphatic carbocycles. The van der Waals surface area contributed by atoms with Gasteiger partial charge in [0, 0.05) is 6.04 Å². The Morgan fingerprint density at radius 2 is 1.90 bits per heavy atom. The van der Waals surface area contributed by atoms with E-state index in [1.165, 1.54) is 7.11 Å². The standard InChI is InChI=1S/C17H19NO3/c1-12(18)15-4-3-5-16(10-15)21-11-13-6-8-14(9-7-13)17(19)20-2/h3-10,12H,11,18H2,1-2H3/t12-/m0/s1. The molecule has 0 fully saturated rings. The predicted octanol–water partition coefficient (Wildman–Crippen LogP) is 3.07. The maximum absolute atomic E-state index is 11.3. The molecular weight excluding hydrogens is 266 g/mol. The quantitative estimate of drug-likeness (QED) is 0.858. The van der Waals surface area contributed by atoms with Gasteiger partial charge in [0.2, 0.25) is 0 Å². The lowest BCUT2D eigenvalue weighted by molar-refractivity contribution is 0.0600. The van der Waals surface area contributed by atoms with Gasteiger partial charge in [-0.15, -0.1) is 0 Å². The summed E-state index contributed by atoms with van der Waals surface area (Å²) in [7, 11) is 1.37. The fourth-order valence-corrected chi connectivity index (χ4v) is 1.91. The van der Waals surface area contributed by atoms with E-state index in [2.05, 4.69) is 4.74 Å². The maximum atomic E-state index is 11.3. The van der Waals surface area contributed by atoms with Gasteiger partial charge in [-0.3, -0.25) is 0 Å². The Hall–Kier alpha value is -2.33. The maximum Gasteiger partial charge on any atom is 0.337 e. The summed E-state index contributed by atoms with van der Waals surface area (Å²) in [5.74, 6) is 0.439. The average Bonchev–Trinajstić information content (AvgIpc) is 2.53. The number of benzene rings is 2. The van der Waals surface area contributed by atoms with E-state index >= 15 is 0 Å². The first kappa shape index (κ1) is 15.1. The van der Waals surface area contributed by atoms with Crippen molar-refractivity contribution in [2.24, 2.45) is 5.73 Å². The zero-order valence-corrected chi connectivity index (χ0v) is 12.2. The van der Waals surface area contributed by atoms with Crippen molar-refractivity contribution in [3.63, 3.8) is 0 Å². The SMILES string of the molecule is COC(=O)c1ccc(COc2cccc([C@H](C)N)c2)cc1. The van der Waals surface area contributed by atoms with Crippen LogP contribution in [0.3, 0.4) is 0 Å². The Morgan fingerprint density at radius 1 is 1.19 bits per heavy atom. The summed E-state index contributed by atoms with van der Waals surface area (Å²) >= 11 is 0. The molecule has 2 N–H and O–H groups in total. The van der Waals surface area contributed by atoms with Gasteiger partial charge in [0.1, 0.15) is 12.4 Å². The van der Waals surface area contributed by atoms with Crippen molar-refractivity contribution in [3.05, 3.63) is 65.2 Å². The monoisotopic (exact) mass is 285 g/mol. The van der Waals surface area contributed by atoms with E-state index < -0.39 is 0 Å². The number of esters is 1. The van der Waals surface area contributed by atoms with Crippen molar-refractivity contribution in [2.45, 2.75) is 19.6 Å². The summed E-state index contributed by atoms with van der Waals surface area (Å²) in [5.41, 5.74) is 8.39. The molecule has 0 bridgehead atoms. The van der Waals surface area contributed by atoms with Gasteiger partial charge in [-0.1, -0.05) is 24.3 Å². The Kier molecular flexibility index (Phi) is 4.95. The van der Waals surface area contributed by atoms with Crippen LogP contribution in [0.25, 0.3) is 0 Å². The summed E-state index contributed by atoms with van der Waals surface area (Å²) in [5, 5.41) is 0. The molecule has 1 atom stereocenters. The number of carbonyl (C=O) groups is 1. The molecule has 0 saturated carbocycles. The van der Waals surface area contributed by atoms with Gasteiger partial charge in [0.25, 0.3) is 0 Å². The summed E-state index contributed by atoms with van der Waals surface area (Å²) in [4.78, 5) is 11.3. The largest absolute Gasteiger partial charge is 0.489 e. The van der Waals surface area contributed by atoms with Crippen molar-refractivity contribution in [1.82, 2.24) is 0 Å². The highest BCUT2D eigenvalue weighted by Gasteiger charge is 2.05. The average molecular weight is 285 g/mol. The minimum atomic E-state index is -0.341. The van der Waals surface area contributed by atoms with Crippen LogP contribution in [0.2, 0.25) is 0 Å². The first-order valence-electron chi connectivity index (χ1n) is 6.75. The van der Waals surface area contributed by atoms with Crippen molar-refractivity contribution >= 4 is 5.97 Å². The van der Waals surface area contributed by atoms with Gasteiger partial charge in [-0.2, -0.15) is 0 Å². The van der Waals surface area contributed by atoms with E-state index in [9.17, 15) is 4.79 Å². The second kappa shape index (κ2) is 6.90. The second-order valence-corrected chi connectivity index (χ2v) is 4.84. The highest BCUT2D eigenvalue weighted by Crippen LogP contribution is 2.19. The summed E-state index contributed by atoms with van der Waals surface area (Å²) < 4.78 is 10.4. The van der Waals surface area contributed by atoms with Crippen molar-refractivity contribution in [3.8, 4) is 5.75 Å². The number of nitrogens with two attached hydrogens (primary N) is 1. The molecule has 0 aliphatic heterocycles. The van der Waals surface area contributed by atoms with Crippen LogP contribution in [0.5, 0.6) is 5.75 Å². The third-order valence-corrected chi connectivity index (χ3v) is 3.16. The molecule has 110 valence electrons. The molecule has 2 rings (SSSR count).